The lowest BCUT2D eigenvalue weighted by molar-refractivity contribution is 0.257. The highest BCUT2D eigenvalue weighted by atomic mass is 32.2. The minimum atomic E-state index is -3.43. The zero-order chi connectivity index (χ0) is 15.5. The van der Waals surface area contributed by atoms with Crippen LogP contribution in [0.1, 0.15) is 38.7 Å². The minimum absolute atomic E-state index is 0.0571. The lowest BCUT2D eigenvalue weighted by Crippen LogP contribution is -2.40. The fourth-order valence-corrected chi connectivity index (χ4v) is 4.69. The van der Waals surface area contributed by atoms with Crippen molar-refractivity contribution >= 4 is 10.0 Å². The highest BCUT2D eigenvalue weighted by Crippen LogP contribution is 2.29. The molecule has 118 valence electrons. The largest absolute Gasteiger partial charge is 0.316 e. The molecule has 2 unspecified atom stereocenters. The number of rotatable bonds is 5. The molecular weight excluding hydrogens is 284 g/mol. The Morgan fingerprint density at radius 3 is 2.43 bits per heavy atom. The van der Waals surface area contributed by atoms with E-state index < -0.39 is 10.0 Å². The zero-order valence-electron chi connectivity index (χ0n) is 13.1. The van der Waals surface area contributed by atoms with Crippen LogP contribution in [0.5, 0.6) is 0 Å². The van der Waals surface area contributed by atoms with Crippen LogP contribution in [0.15, 0.2) is 29.2 Å². The maximum absolute atomic E-state index is 12.5. The van der Waals surface area contributed by atoms with Crippen molar-refractivity contribution in [1.82, 2.24) is 10.0 Å². The van der Waals surface area contributed by atoms with Gasteiger partial charge in [-0.2, -0.15) is 0 Å². The van der Waals surface area contributed by atoms with Gasteiger partial charge in [0.1, 0.15) is 0 Å². The van der Waals surface area contributed by atoms with Crippen LogP contribution in [-0.4, -0.2) is 21.5 Å². The van der Waals surface area contributed by atoms with Crippen LogP contribution in [0.25, 0.3) is 0 Å². The van der Waals surface area contributed by atoms with Gasteiger partial charge in [-0.05, 0) is 55.8 Å². The van der Waals surface area contributed by atoms with Crippen LogP contribution in [0, 0.1) is 11.8 Å². The predicted octanol–water partition coefficient (Wildman–Crippen LogP) is 2.51. The molecule has 5 heteroatoms. The molecule has 0 aliphatic heterocycles. The average molecular weight is 310 g/mol. The van der Waals surface area contributed by atoms with Gasteiger partial charge in [-0.3, -0.25) is 0 Å². The van der Waals surface area contributed by atoms with Gasteiger partial charge < -0.3 is 5.32 Å². The van der Waals surface area contributed by atoms with E-state index in [9.17, 15) is 8.42 Å². The van der Waals surface area contributed by atoms with Gasteiger partial charge in [0.05, 0.1) is 4.90 Å². The van der Waals surface area contributed by atoms with E-state index in [1.54, 1.807) is 18.2 Å². The fourth-order valence-electron chi connectivity index (χ4n) is 3.36. The first kappa shape index (κ1) is 16.5. The molecule has 0 bridgehead atoms. The Morgan fingerprint density at radius 2 is 1.81 bits per heavy atom. The van der Waals surface area contributed by atoms with E-state index in [0.29, 0.717) is 23.3 Å². The van der Waals surface area contributed by atoms with Gasteiger partial charge >= 0.3 is 0 Å². The maximum atomic E-state index is 12.5. The molecule has 1 aliphatic rings. The van der Waals surface area contributed by atoms with E-state index in [1.165, 1.54) is 6.42 Å². The quantitative estimate of drug-likeness (QED) is 0.878. The molecule has 0 saturated heterocycles. The Kier molecular flexibility index (Phi) is 5.41. The molecule has 0 aromatic heterocycles. The molecule has 2 atom stereocenters. The second kappa shape index (κ2) is 6.90. The van der Waals surface area contributed by atoms with Crippen LogP contribution in [0.4, 0.5) is 0 Å². The summed E-state index contributed by atoms with van der Waals surface area (Å²) in [4.78, 5) is 0.362. The normalized spacial score (nSPS) is 26.7. The topological polar surface area (TPSA) is 58.2 Å². The summed E-state index contributed by atoms with van der Waals surface area (Å²) >= 11 is 0. The second-order valence-electron chi connectivity index (χ2n) is 6.41. The molecule has 21 heavy (non-hydrogen) atoms. The van der Waals surface area contributed by atoms with Crippen molar-refractivity contribution in [3.05, 3.63) is 29.8 Å². The number of hydrogen-bond acceptors (Lipinski definition) is 3. The lowest BCUT2D eigenvalue weighted by atomic mass is 9.81. The smallest absolute Gasteiger partial charge is 0.240 e. The number of sulfonamides is 1. The standard InChI is InChI=1S/C16H26N2O2S/c1-12-7-13(2)9-15(8-12)18-21(19,20)16-6-4-5-14(10-16)11-17-3/h4-6,10,12-13,15,17-18H,7-9,11H2,1-3H3. The number of hydrogen-bond donors (Lipinski definition) is 2. The van der Waals surface area contributed by atoms with Gasteiger partial charge in [0.2, 0.25) is 10.0 Å². The fraction of sp³-hybridized carbons (Fsp3) is 0.625. The van der Waals surface area contributed by atoms with Gasteiger partial charge in [-0.25, -0.2) is 13.1 Å². The molecule has 1 aliphatic carbocycles. The predicted molar refractivity (Wildman–Crippen MR) is 85.5 cm³/mol. The van der Waals surface area contributed by atoms with Crippen LogP contribution in [-0.2, 0) is 16.6 Å². The van der Waals surface area contributed by atoms with E-state index in [-0.39, 0.29) is 6.04 Å². The monoisotopic (exact) mass is 310 g/mol. The van der Waals surface area contributed by atoms with Crippen LogP contribution >= 0.6 is 0 Å². The number of nitrogens with one attached hydrogen (secondary N) is 2. The maximum Gasteiger partial charge on any atom is 0.240 e. The molecule has 1 saturated carbocycles. The van der Waals surface area contributed by atoms with Crippen molar-refractivity contribution in [3.8, 4) is 0 Å². The summed E-state index contributed by atoms with van der Waals surface area (Å²) in [5.74, 6) is 1.16. The molecule has 0 heterocycles. The summed E-state index contributed by atoms with van der Waals surface area (Å²) in [6.45, 7) is 5.07. The van der Waals surface area contributed by atoms with Gasteiger partial charge in [-0.15, -0.1) is 0 Å². The minimum Gasteiger partial charge on any atom is -0.316 e. The summed E-state index contributed by atoms with van der Waals surface area (Å²) in [5.41, 5.74) is 0.978. The first-order chi connectivity index (χ1) is 9.90. The van der Waals surface area contributed by atoms with Gasteiger partial charge in [0.15, 0.2) is 0 Å². The van der Waals surface area contributed by atoms with Crippen LogP contribution in [0.3, 0.4) is 0 Å². The number of benzene rings is 1. The van der Waals surface area contributed by atoms with Crippen molar-refractivity contribution < 1.29 is 8.42 Å². The Balaban J connectivity index is 2.12. The Morgan fingerprint density at radius 1 is 1.14 bits per heavy atom. The van der Waals surface area contributed by atoms with Crippen molar-refractivity contribution in [2.45, 2.75) is 50.6 Å². The van der Waals surface area contributed by atoms with Crippen molar-refractivity contribution in [3.63, 3.8) is 0 Å². The molecule has 4 nitrogen and oxygen atoms in total. The highest BCUT2D eigenvalue weighted by Gasteiger charge is 2.27. The summed E-state index contributed by atoms with van der Waals surface area (Å²) in [6.07, 6.45) is 3.05. The first-order valence-electron chi connectivity index (χ1n) is 7.66. The lowest BCUT2D eigenvalue weighted by Gasteiger charge is -2.31. The Bertz CT molecular complexity index is 561. The summed E-state index contributed by atoms with van der Waals surface area (Å²) in [5, 5.41) is 3.04. The Hall–Kier alpha value is -0.910. The van der Waals surface area contributed by atoms with E-state index in [4.69, 9.17) is 0 Å². The molecule has 0 spiro atoms. The third kappa shape index (κ3) is 4.53. The van der Waals surface area contributed by atoms with Crippen LogP contribution < -0.4 is 10.0 Å². The van der Waals surface area contributed by atoms with Crippen molar-refractivity contribution in [2.75, 3.05) is 7.05 Å². The summed E-state index contributed by atoms with van der Waals surface area (Å²) in [7, 11) is -1.57. The second-order valence-corrected chi connectivity index (χ2v) is 8.13. The SMILES string of the molecule is CNCc1cccc(S(=O)(=O)NC2CC(C)CC(C)C2)c1. The van der Waals surface area contributed by atoms with Crippen LogP contribution in [0.2, 0.25) is 0 Å². The Labute approximate surface area is 128 Å². The first-order valence-corrected chi connectivity index (χ1v) is 9.15. The van der Waals surface area contributed by atoms with Gasteiger partial charge in [0.25, 0.3) is 0 Å². The molecule has 0 amide bonds. The summed E-state index contributed by atoms with van der Waals surface area (Å²) in [6, 6.07) is 7.20. The molecule has 2 N–H and O–H groups in total. The van der Waals surface area contributed by atoms with Crippen molar-refractivity contribution in [2.24, 2.45) is 11.8 Å². The molecule has 1 fully saturated rings. The van der Waals surface area contributed by atoms with E-state index in [0.717, 1.165) is 18.4 Å². The molecule has 2 rings (SSSR count). The molecule has 1 aromatic rings. The van der Waals surface area contributed by atoms with E-state index in [2.05, 4.69) is 23.9 Å². The van der Waals surface area contributed by atoms with Gasteiger partial charge in [0, 0.05) is 12.6 Å². The van der Waals surface area contributed by atoms with Gasteiger partial charge in [-0.1, -0.05) is 26.0 Å². The zero-order valence-corrected chi connectivity index (χ0v) is 13.9. The molecular formula is C16H26N2O2S. The molecule has 0 radical (unpaired) electrons. The van der Waals surface area contributed by atoms with E-state index >= 15 is 0 Å². The summed E-state index contributed by atoms with van der Waals surface area (Å²) < 4.78 is 28.0. The highest BCUT2D eigenvalue weighted by molar-refractivity contribution is 7.89. The van der Waals surface area contributed by atoms with E-state index in [1.807, 2.05) is 13.1 Å². The molecule has 1 aromatic carbocycles. The third-order valence-corrected chi connectivity index (χ3v) is 5.61. The van der Waals surface area contributed by atoms with Crippen molar-refractivity contribution in [1.29, 1.82) is 0 Å². The average Bonchev–Trinajstić information content (AvgIpc) is 2.37. The third-order valence-electron chi connectivity index (χ3n) is 4.09.